The number of nitrogens with zero attached hydrogens (tertiary/aromatic N) is 1. The van der Waals surface area contributed by atoms with Crippen LogP contribution in [0.5, 0.6) is 0 Å². The SMILES string of the molecule is N[C@@H](Cc1ccc([N+](C=O)(CCCl)CCCl)cc1)C(=O)NC1(CCC(O)(P(=O)(O)O)P(=O)(O)O)CCCC1.[H-].[H-].[H-].[Na+].[Na+].[Na+]. The number of halogens is 2. The van der Waals surface area contributed by atoms with E-state index in [4.69, 9.17) is 28.9 Å². The standard InChI is InChI=1S/C22H35Cl2N3O9P2.3Na.3H/c23-11-13-27(16-28,14-12-24)18-5-3-17(4-6-18)15-19(25)20(29)26-21(7-1-2-8-21)9-10-22(30,37(31,32)33)38(34,35)36;;;;;;/h3-6,16,19,30H,1-2,7-15,25H2,(H4-,26,29,31,32,33,34,35,36);;;;;;/q;3*+1;3*-1/p+1/t19-;;;;;;/m0....../s1. The van der Waals surface area contributed by atoms with Gasteiger partial charge in [0.05, 0.1) is 17.8 Å². The average Bonchev–Trinajstić information content (AvgIpc) is 3.29. The Labute approximate surface area is 321 Å². The van der Waals surface area contributed by atoms with Crippen molar-refractivity contribution in [2.45, 2.75) is 61.6 Å². The van der Waals surface area contributed by atoms with E-state index in [0.717, 1.165) is 12.0 Å². The van der Waals surface area contributed by atoms with Crippen LogP contribution in [0.1, 0.15) is 48.4 Å². The zero-order chi connectivity index (χ0) is 28.8. The fourth-order valence-electron chi connectivity index (χ4n) is 4.82. The number of aliphatic hydroxyl groups is 1. The van der Waals surface area contributed by atoms with Crippen LogP contribution >= 0.6 is 38.4 Å². The summed E-state index contributed by atoms with van der Waals surface area (Å²) in [4.78, 5) is 62.6. The van der Waals surface area contributed by atoms with Gasteiger partial charge >= 0.3 is 110 Å². The van der Waals surface area contributed by atoms with E-state index in [0.29, 0.717) is 44.5 Å². The molecule has 1 aromatic carbocycles. The van der Waals surface area contributed by atoms with Crippen LogP contribution in [0, 0.1) is 0 Å². The van der Waals surface area contributed by atoms with Gasteiger partial charge in [-0.25, -0.2) is 9.28 Å². The number of carbonyl (C=O) groups excluding carboxylic acids is 2. The van der Waals surface area contributed by atoms with Gasteiger partial charge < -0.3 is 40.0 Å². The van der Waals surface area contributed by atoms with E-state index in [2.05, 4.69) is 5.32 Å². The first-order chi connectivity index (χ1) is 17.6. The number of benzene rings is 1. The average molecular weight is 691 g/mol. The summed E-state index contributed by atoms with van der Waals surface area (Å²) in [6.07, 6.45) is 1.88. The molecule has 2 rings (SSSR count). The van der Waals surface area contributed by atoms with Crippen molar-refractivity contribution in [2.24, 2.45) is 5.73 Å². The summed E-state index contributed by atoms with van der Waals surface area (Å²) in [5.41, 5.74) is 6.53. The molecule has 0 radical (unpaired) electrons. The van der Waals surface area contributed by atoms with E-state index in [1.54, 1.807) is 24.3 Å². The molecular weight excluding hydrogens is 652 g/mol. The van der Waals surface area contributed by atoms with Crippen LogP contribution in [0.4, 0.5) is 5.69 Å². The van der Waals surface area contributed by atoms with Crippen LogP contribution in [-0.2, 0) is 25.1 Å². The van der Waals surface area contributed by atoms with Crippen molar-refractivity contribution in [2.75, 3.05) is 24.8 Å². The molecule has 1 atom stereocenters. The normalized spacial score (nSPS) is 16.0. The van der Waals surface area contributed by atoms with Gasteiger partial charge in [-0.2, -0.15) is 0 Å². The van der Waals surface area contributed by atoms with Crippen molar-refractivity contribution in [3.63, 3.8) is 0 Å². The van der Waals surface area contributed by atoms with Gasteiger partial charge in [0.15, 0.2) is 0 Å². The van der Waals surface area contributed by atoms with Crippen molar-refractivity contribution in [1.29, 1.82) is 0 Å². The largest absolute Gasteiger partial charge is 1.00 e. The van der Waals surface area contributed by atoms with Crippen molar-refractivity contribution in [3.05, 3.63) is 29.8 Å². The van der Waals surface area contributed by atoms with E-state index in [9.17, 15) is 43.4 Å². The van der Waals surface area contributed by atoms with Gasteiger partial charge in [0.25, 0.3) is 5.08 Å². The molecule has 0 bridgehead atoms. The number of carbonyl (C=O) groups is 2. The summed E-state index contributed by atoms with van der Waals surface area (Å²) in [7, 11) is -11.2. The molecule has 0 spiro atoms. The van der Waals surface area contributed by atoms with Crippen LogP contribution in [-0.4, -0.2) is 78.5 Å². The fourth-order valence-corrected chi connectivity index (χ4v) is 7.59. The molecule has 1 saturated carbocycles. The quantitative estimate of drug-likeness (QED) is 0.0304. The second-order valence-corrected chi connectivity index (χ2v) is 14.5. The Morgan fingerprint density at radius 1 is 1.05 bits per heavy atom. The molecule has 1 fully saturated rings. The van der Waals surface area contributed by atoms with Gasteiger partial charge in [-0.3, -0.25) is 13.9 Å². The van der Waals surface area contributed by atoms with Gasteiger partial charge in [-0.1, -0.05) is 25.0 Å². The minimum atomic E-state index is -5.61. The first-order valence-electron chi connectivity index (χ1n) is 12.0. The van der Waals surface area contributed by atoms with Gasteiger partial charge in [0, 0.05) is 12.0 Å². The molecule has 0 unspecified atom stereocenters. The minimum Gasteiger partial charge on any atom is -1.00 e. The Kier molecular flexibility index (Phi) is 21.0. The first-order valence-corrected chi connectivity index (χ1v) is 16.3. The molecule has 1 aromatic rings. The monoisotopic (exact) mass is 690 g/mol. The predicted molar refractivity (Wildman–Crippen MR) is 148 cm³/mol. The Bertz CT molecular complexity index is 1060. The minimum absolute atomic E-state index is 0. The molecule has 1 aliphatic carbocycles. The third-order valence-corrected chi connectivity index (χ3v) is 11.4. The van der Waals surface area contributed by atoms with Crippen molar-refractivity contribution in [1.82, 2.24) is 9.80 Å². The molecule has 19 heteroatoms. The molecule has 41 heavy (non-hydrogen) atoms. The smallest absolute Gasteiger partial charge is 1.00 e. The van der Waals surface area contributed by atoms with Crippen molar-refractivity contribution in [3.8, 4) is 0 Å². The Balaban J connectivity index is -0.000000845. The number of amides is 2. The summed E-state index contributed by atoms with van der Waals surface area (Å²) >= 11 is 11.8. The summed E-state index contributed by atoms with van der Waals surface area (Å²) in [5, 5.41) is 9.52. The molecule has 0 saturated heterocycles. The molecule has 0 aromatic heterocycles. The molecule has 12 nitrogen and oxygen atoms in total. The van der Waals surface area contributed by atoms with E-state index >= 15 is 0 Å². The number of quaternary nitrogens is 1. The van der Waals surface area contributed by atoms with Crippen molar-refractivity contribution >= 4 is 56.4 Å². The van der Waals surface area contributed by atoms with E-state index < -0.39 is 44.2 Å². The Morgan fingerprint density at radius 2 is 1.51 bits per heavy atom. The van der Waals surface area contributed by atoms with Crippen LogP contribution in [0.15, 0.2) is 24.3 Å². The number of nitrogens with one attached hydrogen (secondary N) is 1. The fraction of sp³-hybridized carbons (Fsp3) is 0.636. The maximum atomic E-state index is 13.0. The summed E-state index contributed by atoms with van der Waals surface area (Å²) in [5.74, 6) is -0.0393. The molecule has 1 aliphatic rings. The van der Waals surface area contributed by atoms with Gasteiger partial charge in [0.1, 0.15) is 18.8 Å². The number of nitrogens with two attached hydrogens (primary N) is 1. The Hall–Kier alpha value is 2.12. The zero-order valence-corrected chi connectivity index (χ0v) is 33.1. The van der Waals surface area contributed by atoms with Gasteiger partial charge in [-0.15, -0.1) is 23.2 Å². The van der Waals surface area contributed by atoms with E-state index in [1.165, 1.54) is 0 Å². The third-order valence-electron chi connectivity index (χ3n) is 7.23. The van der Waals surface area contributed by atoms with Crippen LogP contribution in [0.3, 0.4) is 0 Å². The molecule has 8 N–H and O–H groups in total. The second kappa shape index (κ2) is 19.1. The van der Waals surface area contributed by atoms with E-state index in [1.807, 2.05) is 0 Å². The number of hydrogen-bond donors (Lipinski definition) is 7. The topological polar surface area (TPSA) is 207 Å². The third kappa shape index (κ3) is 11.7. The number of hydrogen-bond acceptors (Lipinski definition) is 6. The van der Waals surface area contributed by atoms with Crippen LogP contribution in [0.25, 0.3) is 0 Å². The van der Waals surface area contributed by atoms with Gasteiger partial charge in [-0.05, 0) is 43.4 Å². The van der Waals surface area contributed by atoms with Gasteiger partial charge in [0.2, 0.25) is 5.91 Å². The number of alkyl halides is 2. The summed E-state index contributed by atoms with van der Waals surface area (Å²) in [6.45, 7) is 0.723. The molecule has 0 heterocycles. The number of rotatable bonds is 15. The van der Waals surface area contributed by atoms with Crippen LogP contribution < -0.4 is 104 Å². The Morgan fingerprint density at radius 3 is 1.90 bits per heavy atom. The first kappa shape index (κ1) is 45.2. The molecular formula is C22H39Cl2N3Na3O9P2+. The van der Waals surface area contributed by atoms with Crippen molar-refractivity contribution < 1.29 is 136 Å². The second-order valence-electron chi connectivity index (χ2n) is 9.78. The van der Waals surface area contributed by atoms with Crippen LogP contribution in [0.2, 0.25) is 0 Å². The molecule has 0 aliphatic heterocycles. The molecule has 2 amide bonds. The molecule has 222 valence electrons. The zero-order valence-electron chi connectivity index (χ0n) is 26.8. The predicted octanol–water partition coefficient (Wildman–Crippen LogP) is -6.94. The summed E-state index contributed by atoms with van der Waals surface area (Å²) in [6, 6.07) is 5.98. The maximum absolute atomic E-state index is 13.0. The summed E-state index contributed by atoms with van der Waals surface area (Å²) < 4.78 is 23.4. The van der Waals surface area contributed by atoms with E-state index in [-0.39, 0.29) is 122 Å². The maximum Gasteiger partial charge on any atom is 1.00 e.